The van der Waals surface area contributed by atoms with Crippen molar-refractivity contribution in [1.82, 2.24) is 0 Å². The van der Waals surface area contributed by atoms with E-state index in [2.05, 4.69) is 26.0 Å². The van der Waals surface area contributed by atoms with E-state index in [0.717, 1.165) is 31.4 Å². The summed E-state index contributed by atoms with van der Waals surface area (Å²) in [5.41, 5.74) is 0.612. The first-order valence-electron chi connectivity index (χ1n) is 11.2. The van der Waals surface area contributed by atoms with Crippen molar-refractivity contribution >= 4 is 5.97 Å². The minimum absolute atomic E-state index is 0.0626. The Kier molecular flexibility index (Phi) is 3.28. The highest BCUT2D eigenvalue weighted by Gasteiger charge is 2.80. The topological polar surface area (TPSA) is 35.5 Å². The third-order valence-corrected chi connectivity index (χ3v) is 10.0. The van der Waals surface area contributed by atoms with Crippen molar-refractivity contribution in [1.29, 1.82) is 0 Å². The zero-order chi connectivity index (χ0) is 19.5. The van der Waals surface area contributed by atoms with E-state index < -0.39 is 6.17 Å². The Morgan fingerprint density at radius 3 is 2.71 bits per heavy atom. The number of rotatable bonds is 1. The molecule has 0 aromatic rings. The maximum atomic E-state index is 16.1. The van der Waals surface area contributed by atoms with Crippen LogP contribution in [0.15, 0.2) is 23.5 Å². The molecule has 1 saturated heterocycles. The number of alkyl halides is 1. The van der Waals surface area contributed by atoms with Crippen molar-refractivity contribution in [3.8, 4) is 0 Å². The number of ether oxygens (including phenoxy) is 2. The Bertz CT molecular complexity index is 817. The summed E-state index contributed by atoms with van der Waals surface area (Å²) in [6.07, 6.45) is 9.61. The van der Waals surface area contributed by atoms with Gasteiger partial charge in [0.2, 0.25) is 0 Å². The summed E-state index contributed by atoms with van der Waals surface area (Å²) < 4.78 is 27.6. The summed E-state index contributed by atoms with van der Waals surface area (Å²) in [6, 6.07) is 0. The predicted molar refractivity (Wildman–Crippen MR) is 103 cm³/mol. The molecule has 0 bridgehead atoms. The summed E-state index contributed by atoms with van der Waals surface area (Å²) in [5.74, 6) is 3.00. The Morgan fingerprint density at radius 1 is 1.18 bits per heavy atom. The highest BCUT2D eigenvalue weighted by Crippen LogP contribution is 2.79. The molecule has 4 fully saturated rings. The first-order chi connectivity index (χ1) is 13.3. The van der Waals surface area contributed by atoms with Gasteiger partial charge in [-0.15, -0.1) is 0 Å². The standard InChI is InChI=1S/C24H31FO3/c1-22-8-6-14(27-3)10-13(22)4-5-15-20-16-11-17(16)24(9-7-19(26)28-24)23(20,2)12-18(25)21(15)22/h4,10,15-18,20-21H,5-9,11-12H2,1-3H3/t15?,16-,17?,18-,20?,21?,22-,23-,24?/m0/s1. The fourth-order valence-electron chi connectivity index (χ4n) is 8.88. The molecule has 3 saturated carbocycles. The van der Waals surface area contributed by atoms with Gasteiger partial charge in [0, 0.05) is 30.1 Å². The van der Waals surface area contributed by atoms with Crippen LogP contribution in [0.5, 0.6) is 0 Å². The minimum atomic E-state index is -0.828. The summed E-state index contributed by atoms with van der Waals surface area (Å²) >= 11 is 0. The third kappa shape index (κ3) is 1.84. The second kappa shape index (κ2) is 5.23. The summed E-state index contributed by atoms with van der Waals surface area (Å²) in [4.78, 5) is 12.1. The molecule has 0 aromatic heterocycles. The average molecular weight is 387 g/mol. The highest BCUT2D eigenvalue weighted by molar-refractivity contribution is 5.73. The molecule has 0 N–H and O–H groups in total. The van der Waals surface area contributed by atoms with E-state index in [1.807, 2.05) is 0 Å². The normalized spacial score (nSPS) is 56.1. The van der Waals surface area contributed by atoms with Gasteiger partial charge >= 0.3 is 5.97 Å². The zero-order valence-corrected chi connectivity index (χ0v) is 17.2. The van der Waals surface area contributed by atoms with Gasteiger partial charge in [-0.25, -0.2) is 4.39 Å². The van der Waals surface area contributed by atoms with Crippen LogP contribution in [0.4, 0.5) is 4.39 Å². The molecule has 1 spiro atoms. The number of methoxy groups -OCH3 is 1. The molecule has 5 unspecified atom stereocenters. The van der Waals surface area contributed by atoms with Gasteiger partial charge in [-0.05, 0) is 66.9 Å². The lowest BCUT2D eigenvalue weighted by Gasteiger charge is -2.60. The molecule has 9 atom stereocenters. The zero-order valence-electron chi connectivity index (χ0n) is 17.2. The monoisotopic (exact) mass is 386 g/mol. The van der Waals surface area contributed by atoms with Gasteiger partial charge in [-0.1, -0.05) is 19.9 Å². The molecule has 1 aliphatic heterocycles. The Morgan fingerprint density at radius 2 is 2.00 bits per heavy atom. The molecule has 6 aliphatic rings. The maximum absolute atomic E-state index is 16.1. The largest absolute Gasteiger partial charge is 0.501 e. The lowest BCUT2D eigenvalue weighted by atomic mass is 9.45. The Balaban J connectivity index is 1.43. The third-order valence-electron chi connectivity index (χ3n) is 10.0. The molecule has 5 aliphatic carbocycles. The minimum Gasteiger partial charge on any atom is -0.501 e. The molecular formula is C24H31FO3. The van der Waals surface area contributed by atoms with Crippen LogP contribution in [-0.4, -0.2) is 24.9 Å². The fourth-order valence-corrected chi connectivity index (χ4v) is 8.88. The number of carbonyl (C=O) groups excluding carboxylic acids is 1. The molecule has 4 heteroatoms. The van der Waals surface area contributed by atoms with Crippen molar-refractivity contribution in [3.05, 3.63) is 23.5 Å². The molecular weight excluding hydrogens is 355 g/mol. The maximum Gasteiger partial charge on any atom is 0.306 e. The lowest BCUT2D eigenvalue weighted by molar-refractivity contribution is -0.184. The van der Waals surface area contributed by atoms with Crippen molar-refractivity contribution in [2.75, 3.05) is 7.11 Å². The number of hydrogen-bond donors (Lipinski definition) is 0. The molecule has 28 heavy (non-hydrogen) atoms. The molecule has 1 heterocycles. The van der Waals surface area contributed by atoms with Crippen molar-refractivity contribution in [3.63, 3.8) is 0 Å². The van der Waals surface area contributed by atoms with E-state index in [0.29, 0.717) is 36.5 Å². The number of halogens is 1. The summed E-state index contributed by atoms with van der Waals surface area (Å²) in [5, 5.41) is 0. The second-order valence-corrected chi connectivity index (χ2v) is 10.9. The highest BCUT2D eigenvalue weighted by atomic mass is 19.1. The van der Waals surface area contributed by atoms with Crippen LogP contribution in [0.3, 0.4) is 0 Å². The van der Waals surface area contributed by atoms with Gasteiger partial charge in [-0.2, -0.15) is 0 Å². The van der Waals surface area contributed by atoms with Crippen LogP contribution in [0.2, 0.25) is 0 Å². The van der Waals surface area contributed by atoms with E-state index in [1.54, 1.807) is 7.11 Å². The van der Waals surface area contributed by atoms with E-state index in [1.165, 1.54) is 12.0 Å². The molecule has 6 rings (SSSR count). The van der Waals surface area contributed by atoms with E-state index in [-0.39, 0.29) is 28.3 Å². The van der Waals surface area contributed by atoms with Crippen LogP contribution in [0.1, 0.15) is 58.8 Å². The van der Waals surface area contributed by atoms with Crippen molar-refractivity contribution in [2.45, 2.75) is 70.6 Å². The number of carbonyl (C=O) groups is 1. The van der Waals surface area contributed by atoms with Crippen LogP contribution in [0, 0.1) is 40.4 Å². The average Bonchev–Trinajstić information content (AvgIpc) is 3.29. The van der Waals surface area contributed by atoms with E-state index in [4.69, 9.17) is 9.47 Å². The second-order valence-electron chi connectivity index (χ2n) is 10.9. The van der Waals surface area contributed by atoms with Crippen molar-refractivity contribution in [2.24, 2.45) is 40.4 Å². The van der Waals surface area contributed by atoms with Gasteiger partial charge in [0.05, 0.1) is 12.9 Å². The van der Waals surface area contributed by atoms with Crippen molar-refractivity contribution < 1.29 is 18.7 Å². The number of esters is 1. The smallest absolute Gasteiger partial charge is 0.306 e. The van der Waals surface area contributed by atoms with Crippen LogP contribution in [-0.2, 0) is 14.3 Å². The van der Waals surface area contributed by atoms with Gasteiger partial charge in [-0.3, -0.25) is 4.79 Å². The SMILES string of the molecule is COC1=CC2=CCC3C([C@@H](F)C[C@@]4(C)C3[C@H]3CC3C43CCC(=O)O3)[C@@]2(C)CC1. The lowest BCUT2D eigenvalue weighted by Crippen LogP contribution is -2.59. The van der Waals surface area contributed by atoms with Crippen LogP contribution in [0.25, 0.3) is 0 Å². The number of fused-ring (bicyclic) bond motifs is 9. The number of allylic oxidation sites excluding steroid dienone is 4. The van der Waals surface area contributed by atoms with Gasteiger partial charge in [0.15, 0.2) is 0 Å². The van der Waals surface area contributed by atoms with Gasteiger partial charge in [0.25, 0.3) is 0 Å². The molecule has 152 valence electrons. The first kappa shape index (κ1) is 17.5. The van der Waals surface area contributed by atoms with Gasteiger partial charge < -0.3 is 9.47 Å². The predicted octanol–water partition coefficient (Wildman–Crippen LogP) is 4.97. The molecule has 3 nitrogen and oxygen atoms in total. The van der Waals surface area contributed by atoms with Crippen LogP contribution >= 0.6 is 0 Å². The molecule has 0 aromatic carbocycles. The van der Waals surface area contributed by atoms with E-state index in [9.17, 15) is 4.79 Å². The first-order valence-corrected chi connectivity index (χ1v) is 11.2. The van der Waals surface area contributed by atoms with Crippen LogP contribution < -0.4 is 0 Å². The molecule has 0 radical (unpaired) electrons. The molecule has 0 amide bonds. The fraction of sp³-hybridized carbons (Fsp3) is 0.792. The van der Waals surface area contributed by atoms with Gasteiger partial charge in [0.1, 0.15) is 11.8 Å². The Labute approximate surface area is 166 Å². The summed E-state index contributed by atoms with van der Waals surface area (Å²) in [6.45, 7) is 4.55. The number of hydrogen-bond acceptors (Lipinski definition) is 3. The van der Waals surface area contributed by atoms with E-state index >= 15 is 4.39 Å². The Hall–Kier alpha value is -1.32. The summed E-state index contributed by atoms with van der Waals surface area (Å²) in [7, 11) is 1.73. The quantitative estimate of drug-likeness (QED) is 0.597.